The topological polar surface area (TPSA) is 80.7 Å². The van der Waals surface area contributed by atoms with Gasteiger partial charge in [-0.1, -0.05) is 23.9 Å². The molecule has 1 N–H and O–H groups in total. The summed E-state index contributed by atoms with van der Waals surface area (Å²) in [4.78, 5) is 21.4. The quantitative estimate of drug-likeness (QED) is 0.747. The van der Waals surface area contributed by atoms with E-state index in [-0.39, 0.29) is 5.91 Å². The summed E-state index contributed by atoms with van der Waals surface area (Å²) in [6, 6.07) is 7.72. The minimum atomic E-state index is -0.134. The summed E-state index contributed by atoms with van der Waals surface area (Å²) in [6.07, 6.45) is 6.97. The molecule has 0 atom stereocenters. The van der Waals surface area contributed by atoms with Crippen LogP contribution in [0.2, 0.25) is 0 Å². The van der Waals surface area contributed by atoms with Crippen LogP contribution in [-0.4, -0.2) is 25.5 Å². The van der Waals surface area contributed by atoms with Gasteiger partial charge in [-0.05, 0) is 41.7 Å². The zero-order chi connectivity index (χ0) is 16.8. The number of amides is 1. The van der Waals surface area contributed by atoms with Crippen molar-refractivity contribution in [2.24, 2.45) is 0 Å². The Morgan fingerprint density at radius 2 is 2.17 bits per heavy atom. The molecule has 7 heteroatoms. The fraction of sp³-hybridized carbons (Fsp3) is 0.235. The summed E-state index contributed by atoms with van der Waals surface area (Å²) in [6.45, 7) is 2.47. The van der Waals surface area contributed by atoms with E-state index in [9.17, 15) is 4.79 Å². The number of carbonyl (C=O) groups is 1. The number of pyridine rings is 2. The van der Waals surface area contributed by atoms with Crippen LogP contribution in [0.25, 0.3) is 11.3 Å². The highest BCUT2D eigenvalue weighted by Crippen LogP contribution is 2.16. The fourth-order valence-corrected chi connectivity index (χ4v) is 2.88. The van der Waals surface area contributed by atoms with Gasteiger partial charge in [0, 0.05) is 30.7 Å². The molecule has 0 aliphatic heterocycles. The molecule has 0 saturated carbocycles. The van der Waals surface area contributed by atoms with Gasteiger partial charge in [-0.15, -0.1) is 5.10 Å². The maximum absolute atomic E-state index is 12.3. The lowest BCUT2D eigenvalue weighted by atomic mass is 10.1. The molecular weight excluding hydrogens is 322 g/mol. The third-order valence-electron chi connectivity index (χ3n) is 3.48. The van der Waals surface area contributed by atoms with Gasteiger partial charge in [-0.2, -0.15) is 0 Å². The van der Waals surface area contributed by atoms with Gasteiger partial charge in [0.1, 0.15) is 4.88 Å². The van der Waals surface area contributed by atoms with E-state index in [0.717, 1.165) is 46.9 Å². The van der Waals surface area contributed by atoms with Crippen LogP contribution in [-0.2, 0) is 13.0 Å². The Labute approximate surface area is 144 Å². The summed E-state index contributed by atoms with van der Waals surface area (Å²) >= 11 is 1.14. The van der Waals surface area contributed by atoms with Crippen molar-refractivity contribution in [3.63, 3.8) is 0 Å². The van der Waals surface area contributed by atoms with Crippen molar-refractivity contribution in [2.75, 3.05) is 0 Å². The molecule has 0 aliphatic carbocycles. The Balaban J connectivity index is 1.62. The number of nitrogens with zero attached hydrogens (tertiary/aromatic N) is 4. The third kappa shape index (κ3) is 3.80. The third-order valence-corrected chi connectivity index (χ3v) is 4.25. The highest BCUT2D eigenvalue weighted by Gasteiger charge is 2.15. The van der Waals surface area contributed by atoms with Crippen LogP contribution in [0, 0.1) is 0 Å². The van der Waals surface area contributed by atoms with E-state index >= 15 is 0 Å². The van der Waals surface area contributed by atoms with Crippen molar-refractivity contribution in [1.29, 1.82) is 0 Å². The van der Waals surface area contributed by atoms with Gasteiger partial charge < -0.3 is 5.32 Å². The number of rotatable bonds is 6. The second-order valence-corrected chi connectivity index (χ2v) is 6.03. The molecule has 0 aromatic carbocycles. The molecule has 3 rings (SSSR count). The van der Waals surface area contributed by atoms with E-state index in [0.29, 0.717) is 11.4 Å². The monoisotopic (exact) mass is 339 g/mol. The number of hydrogen-bond donors (Lipinski definition) is 1. The summed E-state index contributed by atoms with van der Waals surface area (Å²) in [5.41, 5.74) is 3.53. The van der Waals surface area contributed by atoms with E-state index in [2.05, 4.69) is 31.8 Å². The van der Waals surface area contributed by atoms with Crippen molar-refractivity contribution >= 4 is 17.4 Å². The van der Waals surface area contributed by atoms with E-state index in [1.807, 2.05) is 24.3 Å². The predicted molar refractivity (Wildman–Crippen MR) is 92.5 cm³/mol. The first-order valence-electron chi connectivity index (χ1n) is 7.72. The molecule has 3 aromatic rings. The highest BCUT2D eigenvalue weighted by molar-refractivity contribution is 7.08. The summed E-state index contributed by atoms with van der Waals surface area (Å²) in [7, 11) is 0. The summed E-state index contributed by atoms with van der Waals surface area (Å²) in [5.74, 6) is -0.134. The predicted octanol–water partition coefficient (Wildman–Crippen LogP) is 2.88. The Bertz CT molecular complexity index is 801. The Hall–Kier alpha value is -2.67. The lowest BCUT2D eigenvalue weighted by Gasteiger charge is -2.06. The number of carbonyl (C=O) groups excluding carboxylic acids is 1. The number of aryl methyl sites for hydroxylation is 1. The van der Waals surface area contributed by atoms with Gasteiger partial charge in [-0.3, -0.25) is 14.8 Å². The van der Waals surface area contributed by atoms with Crippen LogP contribution in [0.1, 0.15) is 34.3 Å². The Kier molecular flexibility index (Phi) is 5.22. The molecule has 3 aromatic heterocycles. The molecule has 0 radical (unpaired) electrons. The molecule has 6 nitrogen and oxygen atoms in total. The van der Waals surface area contributed by atoms with Crippen LogP contribution in [0.3, 0.4) is 0 Å². The van der Waals surface area contributed by atoms with Crippen LogP contribution in [0.15, 0.2) is 42.9 Å². The molecule has 122 valence electrons. The van der Waals surface area contributed by atoms with Crippen molar-refractivity contribution in [3.05, 3.63) is 59.0 Å². The average molecular weight is 339 g/mol. The fourth-order valence-electron chi connectivity index (χ4n) is 2.26. The maximum atomic E-state index is 12.3. The number of nitrogens with one attached hydrogen (secondary N) is 1. The zero-order valence-corrected chi connectivity index (χ0v) is 14.1. The first-order valence-corrected chi connectivity index (χ1v) is 8.50. The second kappa shape index (κ2) is 7.74. The van der Waals surface area contributed by atoms with E-state index in [1.54, 1.807) is 18.6 Å². The van der Waals surface area contributed by atoms with Gasteiger partial charge in [0.05, 0.1) is 11.4 Å². The summed E-state index contributed by atoms with van der Waals surface area (Å²) < 4.78 is 3.87. The minimum absolute atomic E-state index is 0.134. The van der Waals surface area contributed by atoms with Crippen LogP contribution < -0.4 is 5.32 Å². The van der Waals surface area contributed by atoms with Crippen LogP contribution in [0.5, 0.6) is 0 Å². The Morgan fingerprint density at radius 3 is 2.88 bits per heavy atom. The van der Waals surface area contributed by atoms with Crippen LogP contribution in [0.4, 0.5) is 0 Å². The van der Waals surface area contributed by atoms with E-state index in [1.165, 1.54) is 0 Å². The van der Waals surface area contributed by atoms with Crippen molar-refractivity contribution in [2.45, 2.75) is 26.3 Å². The summed E-state index contributed by atoms with van der Waals surface area (Å²) in [5, 5.41) is 6.92. The molecule has 24 heavy (non-hydrogen) atoms. The highest BCUT2D eigenvalue weighted by atomic mass is 32.1. The molecule has 0 fully saturated rings. The van der Waals surface area contributed by atoms with Gasteiger partial charge in [0.2, 0.25) is 0 Å². The normalized spacial score (nSPS) is 10.5. The molecule has 0 unspecified atom stereocenters. The molecule has 3 heterocycles. The van der Waals surface area contributed by atoms with Gasteiger partial charge in [0.25, 0.3) is 5.91 Å². The Morgan fingerprint density at radius 1 is 1.25 bits per heavy atom. The molecule has 0 aliphatic rings. The molecule has 1 amide bonds. The second-order valence-electron chi connectivity index (χ2n) is 5.27. The lowest BCUT2D eigenvalue weighted by Crippen LogP contribution is -2.23. The molecular formula is C17H17N5OS. The van der Waals surface area contributed by atoms with Crippen molar-refractivity contribution in [3.8, 4) is 11.3 Å². The standard InChI is InChI=1S/C17H17N5OS/c1-2-4-15-16(24-22-21-15)17(23)20-10-12-6-7-14(19-9-12)13-5-3-8-18-11-13/h3,5-9,11H,2,4,10H2,1H3,(H,20,23). The van der Waals surface area contributed by atoms with E-state index in [4.69, 9.17) is 0 Å². The van der Waals surface area contributed by atoms with Crippen molar-refractivity contribution in [1.82, 2.24) is 24.9 Å². The maximum Gasteiger partial charge on any atom is 0.265 e. The van der Waals surface area contributed by atoms with Gasteiger partial charge >= 0.3 is 0 Å². The number of aromatic nitrogens is 4. The minimum Gasteiger partial charge on any atom is -0.347 e. The zero-order valence-electron chi connectivity index (χ0n) is 13.3. The van der Waals surface area contributed by atoms with Crippen LogP contribution >= 0.6 is 11.5 Å². The number of hydrogen-bond acceptors (Lipinski definition) is 6. The SMILES string of the molecule is CCCc1nnsc1C(=O)NCc1ccc(-c2cccnc2)nc1. The van der Waals surface area contributed by atoms with Crippen molar-refractivity contribution < 1.29 is 4.79 Å². The van der Waals surface area contributed by atoms with E-state index < -0.39 is 0 Å². The van der Waals surface area contributed by atoms with Gasteiger partial charge in [0.15, 0.2) is 0 Å². The largest absolute Gasteiger partial charge is 0.347 e. The average Bonchev–Trinajstić information content (AvgIpc) is 3.10. The smallest absolute Gasteiger partial charge is 0.265 e. The molecule has 0 bridgehead atoms. The first kappa shape index (κ1) is 16.2. The molecule has 0 saturated heterocycles. The lowest BCUT2D eigenvalue weighted by molar-refractivity contribution is 0.0954. The molecule has 0 spiro atoms. The first-order chi connectivity index (χ1) is 11.8. The van der Waals surface area contributed by atoms with Gasteiger partial charge in [-0.25, -0.2) is 0 Å².